The fraction of sp³-hybridized carbons (Fsp3) is 0. The Morgan fingerprint density at radius 3 is 0.500 bits per heavy atom. The van der Waals surface area contributed by atoms with Gasteiger partial charge in [0.15, 0.2) is 0 Å². The average Bonchev–Trinajstić information content (AvgIpc) is 1.25. The third-order valence-corrected chi connectivity index (χ3v) is 0. The molecule has 0 aliphatic heterocycles. The van der Waals surface area contributed by atoms with E-state index in [2.05, 4.69) is 122 Å². The van der Waals surface area contributed by atoms with Crippen molar-refractivity contribution in [2.45, 2.75) is 0 Å². The molecule has 58 valence electrons. The molecule has 0 saturated carbocycles. The van der Waals surface area contributed by atoms with E-state index in [9.17, 15) is 0 Å². The van der Waals surface area contributed by atoms with Crippen LogP contribution < -0.4 is 0 Å². The van der Waals surface area contributed by atoms with Crippen LogP contribution >= 0.6 is 122 Å². The van der Waals surface area contributed by atoms with E-state index in [1.165, 1.54) is 0 Å². The van der Waals surface area contributed by atoms with Crippen molar-refractivity contribution in [2.75, 3.05) is 0 Å². The van der Waals surface area contributed by atoms with Gasteiger partial charge >= 0.3 is 130 Å². The van der Waals surface area contributed by atoms with Crippen molar-refractivity contribution in [2.24, 2.45) is 0 Å². The third-order valence-electron chi connectivity index (χ3n) is 0. The molecule has 0 aromatic heterocycles. The molecule has 0 heterocycles. The van der Waals surface area contributed by atoms with Crippen LogP contribution in [0.3, 0.4) is 0 Å². The van der Waals surface area contributed by atoms with E-state index in [4.69, 9.17) is 0 Å². The molecule has 0 aliphatic carbocycles. The van der Waals surface area contributed by atoms with Crippen LogP contribution in [0.5, 0.6) is 0 Å². The summed E-state index contributed by atoms with van der Waals surface area (Å²) in [6.45, 7) is 0. The first-order valence-corrected chi connectivity index (χ1v) is 22.2. The quantitative estimate of drug-likeness (QED) is 0.229. The summed E-state index contributed by atoms with van der Waals surface area (Å²) in [6, 6.07) is 0. The molecular weight excluding hydrogens is 873 g/mol. The second kappa shape index (κ2) is 12.4. The SMILES string of the molecule is [I][Fe]([I])[I].[I][Fe]([I])[I]. The van der Waals surface area contributed by atoms with Gasteiger partial charge in [0.25, 0.3) is 0 Å². The molecule has 0 saturated heterocycles. The summed E-state index contributed by atoms with van der Waals surface area (Å²) in [5, 5.41) is 0. The molecule has 0 radical (unpaired) electrons. The van der Waals surface area contributed by atoms with E-state index >= 15 is 0 Å². The average molecular weight is 873 g/mol. The zero-order valence-corrected chi connectivity index (χ0v) is 18.1. The normalized spacial score (nSPS) is 11.2. The number of rotatable bonds is 0. The molecule has 0 unspecified atom stereocenters. The molecule has 0 aliphatic rings. The van der Waals surface area contributed by atoms with Crippen LogP contribution in [0.2, 0.25) is 0 Å². The van der Waals surface area contributed by atoms with Gasteiger partial charge in [-0.3, -0.25) is 0 Å². The third kappa shape index (κ3) is 42.2. The van der Waals surface area contributed by atoms with Crippen molar-refractivity contribution < 1.29 is 8.30 Å². The summed E-state index contributed by atoms with van der Waals surface area (Å²) < 4.78 is 0.320. The second-order valence-electron chi connectivity index (χ2n) is 0.303. The summed E-state index contributed by atoms with van der Waals surface area (Å²) in [7, 11) is 0. The monoisotopic (exact) mass is 873 g/mol. The topological polar surface area (TPSA) is 0 Å². The molecule has 0 rings (SSSR count). The zero-order chi connectivity index (χ0) is 7.15. The number of hydrogen-bond donors (Lipinski definition) is 0. The maximum atomic E-state index is 2.40. The Morgan fingerprint density at radius 2 is 0.500 bits per heavy atom. The fourth-order valence-corrected chi connectivity index (χ4v) is 0. The molecule has 0 spiro atoms. The first-order chi connectivity index (χ1) is 3.46. The van der Waals surface area contributed by atoms with Gasteiger partial charge < -0.3 is 0 Å². The van der Waals surface area contributed by atoms with E-state index in [1.807, 2.05) is 0 Å². The van der Waals surface area contributed by atoms with Crippen LogP contribution in [-0.4, -0.2) is 0 Å². The summed E-state index contributed by atoms with van der Waals surface area (Å²) in [4.78, 5) is 0. The molecule has 0 fully saturated rings. The molecule has 8 heavy (non-hydrogen) atoms. The zero-order valence-electron chi connectivity index (χ0n) is 2.97. The summed E-state index contributed by atoms with van der Waals surface area (Å²) in [5.41, 5.74) is 0. The Hall–Kier alpha value is 5.42. The number of hydrogen-bond acceptors (Lipinski definition) is 0. The van der Waals surface area contributed by atoms with Crippen molar-refractivity contribution in [3.63, 3.8) is 0 Å². The van der Waals surface area contributed by atoms with Crippen molar-refractivity contribution in [3.8, 4) is 0 Å². The Morgan fingerprint density at radius 1 is 0.500 bits per heavy atom. The second-order valence-corrected chi connectivity index (χ2v) is 56.2. The Bertz CT molecular complexity index is 22.0. The van der Waals surface area contributed by atoms with Gasteiger partial charge in [-0.05, 0) is 0 Å². The molecule has 8 heteroatoms. The van der Waals surface area contributed by atoms with Gasteiger partial charge in [-0.1, -0.05) is 0 Å². The minimum absolute atomic E-state index is 0.160. The standard InChI is InChI=1S/2Fe.6HI/h;;6*1H/q2*+3;;;;;;/p-6. The molecule has 0 amide bonds. The van der Waals surface area contributed by atoms with Crippen LogP contribution in [0.1, 0.15) is 0 Å². The van der Waals surface area contributed by atoms with Crippen LogP contribution in [0, 0.1) is 0 Å². The molecule has 0 atom stereocenters. The van der Waals surface area contributed by atoms with Gasteiger partial charge in [0.05, 0.1) is 0 Å². The van der Waals surface area contributed by atoms with Crippen molar-refractivity contribution in [3.05, 3.63) is 0 Å². The summed E-state index contributed by atoms with van der Waals surface area (Å²) in [6.07, 6.45) is 0. The van der Waals surface area contributed by atoms with Crippen LogP contribution in [-0.2, 0) is 8.30 Å². The van der Waals surface area contributed by atoms with E-state index in [0.717, 1.165) is 0 Å². The molecule has 0 aromatic carbocycles. The van der Waals surface area contributed by atoms with Crippen LogP contribution in [0.15, 0.2) is 0 Å². The maximum absolute atomic E-state index is 2.40. The molecule has 0 nitrogen and oxygen atoms in total. The van der Waals surface area contributed by atoms with Crippen molar-refractivity contribution in [1.82, 2.24) is 0 Å². The van der Waals surface area contributed by atoms with Gasteiger partial charge in [-0.15, -0.1) is 0 Å². The summed E-state index contributed by atoms with van der Waals surface area (Å²) >= 11 is 14.4. The van der Waals surface area contributed by atoms with Gasteiger partial charge in [0, 0.05) is 0 Å². The molecule has 0 N–H and O–H groups in total. The van der Waals surface area contributed by atoms with Crippen LogP contribution in [0.25, 0.3) is 0 Å². The van der Waals surface area contributed by atoms with Gasteiger partial charge in [-0.25, -0.2) is 0 Å². The van der Waals surface area contributed by atoms with E-state index in [1.54, 1.807) is 0 Å². The molecular formula is Fe2I6. The van der Waals surface area contributed by atoms with Gasteiger partial charge in [0.2, 0.25) is 0 Å². The predicted octanol–water partition coefficient (Wildman–Crippen LogP) is 5.31. The van der Waals surface area contributed by atoms with Gasteiger partial charge in [0.1, 0.15) is 0 Å². The van der Waals surface area contributed by atoms with Gasteiger partial charge in [-0.2, -0.15) is 0 Å². The Labute approximate surface area is 126 Å². The van der Waals surface area contributed by atoms with E-state index < -0.39 is 0 Å². The first kappa shape index (κ1) is 15.9. The minimum atomic E-state index is 0.160. The van der Waals surface area contributed by atoms with Crippen molar-refractivity contribution >= 4 is 122 Å². The van der Waals surface area contributed by atoms with E-state index in [0.29, 0.717) is 0 Å². The van der Waals surface area contributed by atoms with Crippen LogP contribution in [0.4, 0.5) is 0 Å². The molecule has 0 aromatic rings. The fourth-order valence-electron chi connectivity index (χ4n) is 0. The molecule has 0 bridgehead atoms. The number of halogens is 6. The summed E-state index contributed by atoms with van der Waals surface area (Å²) in [5.74, 6) is 0. The predicted molar refractivity (Wildman–Crippen MR) is 84.1 cm³/mol. The first-order valence-electron chi connectivity index (χ1n) is 0.802. The van der Waals surface area contributed by atoms with E-state index in [-0.39, 0.29) is 8.30 Å². The Balaban J connectivity index is 0. The van der Waals surface area contributed by atoms with Crippen molar-refractivity contribution in [1.29, 1.82) is 0 Å². The Kier molecular flexibility index (Phi) is 24.6.